The lowest BCUT2D eigenvalue weighted by molar-refractivity contribution is 0.0591. The molecule has 0 atom stereocenters. The van der Waals surface area contributed by atoms with Crippen LogP contribution in [0.15, 0.2) is 30.7 Å². The molecule has 0 unspecified atom stereocenters. The molecular weight excluding hydrogens is 322 g/mol. The highest BCUT2D eigenvalue weighted by atomic mass is 19.3. The second-order valence-corrected chi connectivity index (χ2v) is 6.15. The fourth-order valence-corrected chi connectivity index (χ4v) is 2.79. The molecule has 0 aliphatic rings. The highest BCUT2D eigenvalue weighted by Gasteiger charge is 2.28. The number of imidazole rings is 1. The Hall–Kier alpha value is -2.50. The fourth-order valence-electron chi connectivity index (χ4n) is 2.79. The molecule has 0 spiro atoms. The molecule has 4 nitrogen and oxygen atoms in total. The van der Waals surface area contributed by atoms with Crippen LogP contribution in [-0.4, -0.2) is 20.5 Å². The van der Waals surface area contributed by atoms with Gasteiger partial charge in [-0.05, 0) is 43.7 Å². The number of hydrogen-bond donors (Lipinski definition) is 1. The summed E-state index contributed by atoms with van der Waals surface area (Å²) >= 11 is 0. The van der Waals surface area contributed by atoms with Crippen molar-refractivity contribution in [3.05, 3.63) is 53.3 Å². The van der Waals surface area contributed by atoms with Gasteiger partial charge in [-0.15, -0.1) is 0 Å². The smallest absolute Gasteiger partial charge is 0.284 e. The van der Waals surface area contributed by atoms with Crippen LogP contribution >= 0.6 is 0 Å². The van der Waals surface area contributed by atoms with Crippen LogP contribution in [0.25, 0.3) is 17.6 Å². The molecule has 6 heteroatoms. The summed E-state index contributed by atoms with van der Waals surface area (Å²) in [6.07, 6.45) is 5.07. The molecule has 0 bridgehead atoms. The number of alkyl halides is 2. The van der Waals surface area contributed by atoms with Crippen molar-refractivity contribution >= 4 is 6.08 Å². The van der Waals surface area contributed by atoms with Crippen molar-refractivity contribution in [1.82, 2.24) is 19.9 Å². The summed E-state index contributed by atoms with van der Waals surface area (Å²) < 4.78 is 29.5. The first-order valence-electron chi connectivity index (χ1n) is 8.15. The summed E-state index contributed by atoms with van der Waals surface area (Å²) in [6.45, 7) is 10.2. The van der Waals surface area contributed by atoms with Crippen LogP contribution in [0.3, 0.4) is 0 Å². The van der Waals surface area contributed by atoms with E-state index in [-0.39, 0.29) is 5.70 Å². The molecule has 25 heavy (non-hydrogen) atoms. The zero-order valence-electron chi connectivity index (χ0n) is 15.3. The second kappa shape index (κ2) is 7.17. The van der Waals surface area contributed by atoms with Crippen molar-refractivity contribution < 1.29 is 8.78 Å². The lowest BCUT2D eigenvalue weighted by Crippen LogP contribution is -2.23. The van der Waals surface area contributed by atoms with E-state index in [1.165, 1.54) is 12.3 Å². The van der Waals surface area contributed by atoms with Gasteiger partial charge >= 0.3 is 0 Å². The predicted octanol–water partition coefficient (Wildman–Crippen LogP) is 4.39. The van der Waals surface area contributed by atoms with Crippen LogP contribution in [0.1, 0.15) is 36.4 Å². The molecule has 2 aromatic rings. The van der Waals surface area contributed by atoms with Crippen molar-refractivity contribution in [2.45, 2.75) is 40.0 Å². The molecule has 2 rings (SSSR count). The third-order valence-corrected chi connectivity index (χ3v) is 4.02. The van der Waals surface area contributed by atoms with Crippen molar-refractivity contribution in [1.29, 1.82) is 0 Å². The van der Waals surface area contributed by atoms with Crippen LogP contribution in [-0.2, 0) is 13.5 Å². The minimum absolute atomic E-state index is 0.240. The van der Waals surface area contributed by atoms with E-state index in [2.05, 4.69) is 21.9 Å². The number of allylic oxidation sites excluding steroid dienone is 1. The van der Waals surface area contributed by atoms with Crippen LogP contribution in [0.4, 0.5) is 8.78 Å². The SMILES string of the molecule is C=CN/C(=C\c1nc(-c2ncc(C)cc2C)n(C)c1CC)C(C)(F)F. The molecule has 0 saturated carbocycles. The third-order valence-electron chi connectivity index (χ3n) is 4.02. The van der Waals surface area contributed by atoms with Gasteiger partial charge in [-0.2, -0.15) is 0 Å². The van der Waals surface area contributed by atoms with Crippen molar-refractivity contribution in [3.63, 3.8) is 0 Å². The summed E-state index contributed by atoms with van der Waals surface area (Å²) in [5, 5.41) is 2.52. The molecule has 0 aromatic carbocycles. The van der Waals surface area contributed by atoms with Gasteiger partial charge in [0.25, 0.3) is 5.92 Å². The van der Waals surface area contributed by atoms with Gasteiger partial charge in [-0.3, -0.25) is 4.98 Å². The van der Waals surface area contributed by atoms with Gasteiger partial charge in [-0.1, -0.05) is 19.6 Å². The van der Waals surface area contributed by atoms with Gasteiger partial charge in [0.15, 0.2) is 5.82 Å². The molecule has 0 aliphatic carbocycles. The number of nitrogens with one attached hydrogen (secondary N) is 1. The predicted molar refractivity (Wildman–Crippen MR) is 97.2 cm³/mol. The van der Waals surface area contributed by atoms with Crippen LogP contribution in [0, 0.1) is 13.8 Å². The third kappa shape index (κ3) is 3.95. The highest BCUT2D eigenvalue weighted by molar-refractivity contribution is 5.62. The molecule has 1 N–H and O–H groups in total. The largest absolute Gasteiger partial charge is 0.361 e. The average Bonchev–Trinajstić information content (AvgIpc) is 2.81. The molecule has 0 radical (unpaired) electrons. The fraction of sp³-hybridized carbons (Fsp3) is 0.368. The maximum absolute atomic E-state index is 13.8. The van der Waals surface area contributed by atoms with Gasteiger partial charge in [0, 0.05) is 25.9 Å². The summed E-state index contributed by atoms with van der Waals surface area (Å²) in [4.78, 5) is 9.07. The highest BCUT2D eigenvalue weighted by Crippen LogP contribution is 2.28. The monoisotopic (exact) mass is 346 g/mol. The lowest BCUT2D eigenvalue weighted by Gasteiger charge is -2.14. The Morgan fingerprint density at radius 2 is 2.08 bits per heavy atom. The van der Waals surface area contributed by atoms with E-state index in [0.29, 0.717) is 17.9 Å². The molecule has 134 valence electrons. The molecule has 2 heterocycles. The number of aromatic nitrogens is 3. The van der Waals surface area contributed by atoms with Gasteiger partial charge < -0.3 is 9.88 Å². The van der Waals surface area contributed by atoms with E-state index in [9.17, 15) is 8.78 Å². The van der Waals surface area contributed by atoms with Crippen LogP contribution in [0.2, 0.25) is 0 Å². The minimum Gasteiger partial charge on any atom is -0.361 e. The topological polar surface area (TPSA) is 42.7 Å². The summed E-state index contributed by atoms with van der Waals surface area (Å²) in [6, 6.07) is 2.03. The molecule has 0 fully saturated rings. The Bertz CT molecular complexity index is 814. The Labute approximate surface area is 147 Å². The minimum atomic E-state index is -3.02. The lowest BCUT2D eigenvalue weighted by atomic mass is 10.1. The number of nitrogens with zero attached hydrogens (tertiary/aromatic N) is 3. The van der Waals surface area contributed by atoms with Crippen LogP contribution < -0.4 is 5.32 Å². The van der Waals surface area contributed by atoms with E-state index in [0.717, 1.165) is 29.4 Å². The van der Waals surface area contributed by atoms with Crippen molar-refractivity contribution in [3.8, 4) is 11.5 Å². The molecule has 0 aliphatic heterocycles. The number of halogens is 2. The number of hydrogen-bond acceptors (Lipinski definition) is 3. The standard InChI is InChI=1S/C19H24F2N4/c1-7-15-14(10-16(22-8-2)19(5,20)21)24-18(25(15)6)17-13(4)9-12(3)11-23-17/h8-11,22H,2,7H2,1,3-6H3/b16-10-. The number of rotatable bonds is 6. The van der Waals surface area contributed by atoms with Gasteiger partial charge in [0.05, 0.1) is 11.4 Å². The number of aryl methyl sites for hydroxylation is 2. The first kappa shape index (κ1) is 18.8. The second-order valence-electron chi connectivity index (χ2n) is 6.15. The van der Waals surface area contributed by atoms with E-state index in [4.69, 9.17) is 0 Å². The van der Waals surface area contributed by atoms with E-state index in [1.807, 2.05) is 38.5 Å². The summed E-state index contributed by atoms with van der Waals surface area (Å²) in [5.41, 5.74) is 3.95. The Balaban J connectivity index is 2.63. The maximum Gasteiger partial charge on any atom is 0.284 e. The van der Waals surface area contributed by atoms with Crippen molar-refractivity contribution in [2.75, 3.05) is 0 Å². The summed E-state index contributed by atoms with van der Waals surface area (Å²) in [5.74, 6) is -2.35. The van der Waals surface area contributed by atoms with Gasteiger partial charge in [0.1, 0.15) is 5.69 Å². The Morgan fingerprint density at radius 1 is 1.40 bits per heavy atom. The van der Waals surface area contributed by atoms with Gasteiger partial charge in [0.2, 0.25) is 0 Å². The van der Waals surface area contributed by atoms with E-state index < -0.39 is 5.92 Å². The Kier molecular flexibility index (Phi) is 5.40. The molecular formula is C19H24F2N4. The Morgan fingerprint density at radius 3 is 2.60 bits per heavy atom. The first-order chi connectivity index (χ1) is 11.7. The quantitative estimate of drug-likeness (QED) is 0.843. The molecule has 0 amide bonds. The normalized spacial score (nSPS) is 12.4. The zero-order valence-corrected chi connectivity index (χ0v) is 15.3. The zero-order chi connectivity index (χ0) is 18.8. The molecule has 2 aromatic heterocycles. The van der Waals surface area contributed by atoms with Gasteiger partial charge in [-0.25, -0.2) is 13.8 Å². The van der Waals surface area contributed by atoms with E-state index in [1.54, 1.807) is 6.20 Å². The van der Waals surface area contributed by atoms with Crippen molar-refractivity contribution in [2.24, 2.45) is 7.05 Å². The number of pyridine rings is 1. The molecule has 0 saturated heterocycles. The van der Waals surface area contributed by atoms with E-state index >= 15 is 0 Å². The maximum atomic E-state index is 13.8. The average molecular weight is 346 g/mol. The first-order valence-corrected chi connectivity index (χ1v) is 8.15. The summed E-state index contributed by atoms with van der Waals surface area (Å²) in [7, 11) is 1.88. The van der Waals surface area contributed by atoms with Crippen LogP contribution in [0.5, 0.6) is 0 Å².